The first-order valence-electron chi connectivity index (χ1n) is 13.2. The summed E-state index contributed by atoms with van der Waals surface area (Å²) in [5.41, 5.74) is 3.33. The molecule has 0 aliphatic heterocycles. The lowest BCUT2D eigenvalue weighted by Gasteiger charge is -2.19. The molecule has 3 aromatic carbocycles. The fourth-order valence-corrected chi connectivity index (χ4v) is 6.61. The number of amides is 1. The minimum absolute atomic E-state index is 0.0185. The van der Waals surface area contributed by atoms with Crippen molar-refractivity contribution in [1.82, 2.24) is 10.1 Å². The van der Waals surface area contributed by atoms with Gasteiger partial charge in [-0.05, 0) is 84.1 Å². The van der Waals surface area contributed by atoms with Crippen molar-refractivity contribution < 1.29 is 35.5 Å². The van der Waals surface area contributed by atoms with E-state index in [1.54, 1.807) is 19.1 Å². The van der Waals surface area contributed by atoms with E-state index in [0.29, 0.717) is 5.56 Å². The number of rotatable bonds is 14. The van der Waals surface area contributed by atoms with Gasteiger partial charge in [0.15, 0.2) is 11.5 Å². The van der Waals surface area contributed by atoms with Crippen molar-refractivity contribution in [2.75, 3.05) is 6.61 Å². The Morgan fingerprint density at radius 3 is 2.23 bits per heavy atom. The van der Waals surface area contributed by atoms with Crippen LogP contribution in [-0.4, -0.2) is 46.5 Å². The van der Waals surface area contributed by atoms with Crippen molar-refractivity contribution >= 4 is 53.9 Å². The van der Waals surface area contributed by atoms with E-state index in [1.165, 1.54) is 30.5 Å². The third-order valence-corrected chi connectivity index (χ3v) is 9.21. The number of non-ortho nitro benzene ring substituents is 1. The summed E-state index contributed by atoms with van der Waals surface area (Å²) >= 11 is 3.27. The molecule has 0 heterocycles. The molecule has 16 heteroatoms. The average molecular weight is 712 g/mol. The van der Waals surface area contributed by atoms with Gasteiger partial charge in [-0.25, -0.2) is 13.8 Å². The van der Waals surface area contributed by atoms with Crippen molar-refractivity contribution in [3.05, 3.63) is 86.4 Å². The normalized spacial score (nSPS) is 12.7. The van der Waals surface area contributed by atoms with Crippen molar-refractivity contribution in [2.45, 2.75) is 49.9 Å². The molecule has 3 aromatic rings. The third-order valence-electron chi connectivity index (χ3n) is 5.90. The number of hydrazone groups is 1. The van der Waals surface area contributed by atoms with Crippen LogP contribution < -0.4 is 19.1 Å². The molecule has 0 fully saturated rings. The first-order valence-corrected chi connectivity index (χ1v) is 16.9. The zero-order valence-corrected chi connectivity index (χ0v) is 27.4. The van der Waals surface area contributed by atoms with Crippen LogP contribution in [0.5, 0.6) is 11.5 Å². The van der Waals surface area contributed by atoms with Crippen LogP contribution in [0, 0.1) is 23.0 Å². The zero-order chi connectivity index (χ0) is 32.7. The number of nitrogens with one attached hydrogen (secondary N) is 2. The van der Waals surface area contributed by atoms with Crippen LogP contribution in [-0.2, 0) is 24.9 Å². The van der Waals surface area contributed by atoms with Crippen molar-refractivity contribution in [1.29, 1.82) is 0 Å². The first-order chi connectivity index (χ1) is 20.6. The standard InChI is InChI=1S/C28H31BrN4O9S2/c1-5-41-26-16-20(15-24(29)27(26)42-44(39,40)23-12-8-21(9-13-23)33(35)36)17-30-31-28(34)25(14-18(2)3)32-43(37,38)22-10-6-19(4)7-11-22/h6-13,15-18,25,32H,5,14H2,1-4H3,(H,31,34)/b30-17-/t25-/m0/s1. The smallest absolute Gasteiger partial charge is 0.339 e. The predicted molar refractivity (Wildman–Crippen MR) is 167 cm³/mol. The Hall–Kier alpha value is -3.86. The molecule has 0 bridgehead atoms. The van der Waals surface area contributed by atoms with E-state index in [0.717, 1.165) is 29.8 Å². The molecule has 1 amide bonds. The second-order valence-corrected chi connectivity index (χ2v) is 14.0. The van der Waals surface area contributed by atoms with Crippen LogP contribution in [0.4, 0.5) is 5.69 Å². The van der Waals surface area contributed by atoms with Crippen molar-refractivity contribution in [3.63, 3.8) is 0 Å². The fourth-order valence-electron chi connectivity index (χ4n) is 3.80. The van der Waals surface area contributed by atoms with Gasteiger partial charge in [-0.1, -0.05) is 31.5 Å². The highest BCUT2D eigenvalue weighted by molar-refractivity contribution is 9.10. The molecule has 44 heavy (non-hydrogen) atoms. The van der Waals surface area contributed by atoms with Crippen LogP contribution in [0.2, 0.25) is 0 Å². The summed E-state index contributed by atoms with van der Waals surface area (Å²) in [4.78, 5) is 22.9. The molecule has 0 aliphatic carbocycles. The minimum Gasteiger partial charge on any atom is -0.490 e. The highest BCUT2D eigenvalue weighted by atomic mass is 79.9. The van der Waals surface area contributed by atoms with E-state index in [1.807, 2.05) is 20.8 Å². The summed E-state index contributed by atoms with van der Waals surface area (Å²) in [6.45, 7) is 7.35. The lowest BCUT2D eigenvalue weighted by molar-refractivity contribution is -0.384. The number of carbonyl (C=O) groups excluding carboxylic acids is 1. The second-order valence-electron chi connectivity index (χ2n) is 9.90. The lowest BCUT2D eigenvalue weighted by atomic mass is 10.0. The van der Waals surface area contributed by atoms with E-state index in [4.69, 9.17) is 8.92 Å². The van der Waals surface area contributed by atoms with Gasteiger partial charge in [0.05, 0.1) is 27.1 Å². The van der Waals surface area contributed by atoms with E-state index in [9.17, 15) is 31.7 Å². The number of sulfonamides is 1. The Morgan fingerprint density at radius 2 is 1.66 bits per heavy atom. The number of hydrogen-bond donors (Lipinski definition) is 2. The number of benzene rings is 3. The Labute approximate surface area is 264 Å². The van der Waals surface area contributed by atoms with E-state index >= 15 is 0 Å². The maximum Gasteiger partial charge on any atom is 0.339 e. The van der Waals surface area contributed by atoms with Crippen LogP contribution in [0.1, 0.15) is 38.3 Å². The summed E-state index contributed by atoms with van der Waals surface area (Å²) in [6.07, 6.45) is 1.47. The number of ether oxygens (including phenoxy) is 1. The van der Waals surface area contributed by atoms with E-state index in [2.05, 4.69) is 31.2 Å². The van der Waals surface area contributed by atoms with Gasteiger partial charge in [0.2, 0.25) is 10.0 Å². The van der Waals surface area contributed by atoms with Gasteiger partial charge in [-0.2, -0.15) is 18.2 Å². The van der Waals surface area contributed by atoms with Gasteiger partial charge >= 0.3 is 10.1 Å². The van der Waals surface area contributed by atoms with Crippen LogP contribution in [0.15, 0.2) is 80.0 Å². The predicted octanol–water partition coefficient (Wildman–Crippen LogP) is 4.68. The monoisotopic (exact) mass is 710 g/mol. The maximum absolute atomic E-state index is 13.0. The Kier molecular flexibility index (Phi) is 11.6. The molecular weight excluding hydrogens is 680 g/mol. The lowest BCUT2D eigenvalue weighted by Crippen LogP contribution is -2.46. The number of nitrogens with zero attached hydrogens (tertiary/aromatic N) is 2. The molecule has 0 unspecified atom stereocenters. The number of halogens is 1. The molecule has 1 atom stereocenters. The molecule has 2 N–H and O–H groups in total. The van der Waals surface area contributed by atoms with Crippen LogP contribution >= 0.6 is 15.9 Å². The van der Waals surface area contributed by atoms with Gasteiger partial charge in [0.25, 0.3) is 11.6 Å². The first kappa shape index (κ1) is 34.6. The molecular formula is C28H31BrN4O9S2. The van der Waals surface area contributed by atoms with Crippen molar-refractivity contribution in [3.8, 4) is 11.5 Å². The van der Waals surface area contributed by atoms with Crippen LogP contribution in [0.3, 0.4) is 0 Å². The number of hydrogen-bond acceptors (Lipinski definition) is 10. The summed E-state index contributed by atoms with van der Waals surface area (Å²) in [5, 5.41) is 14.8. The quantitative estimate of drug-likeness (QED) is 0.104. The average Bonchev–Trinajstić information content (AvgIpc) is 2.94. The Bertz CT molecular complexity index is 1740. The summed E-state index contributed by atoms with van der Waals surface area (Å²) < 4.78 is 65.1. The van der Waals surface area contributed by atoms with Crippen LogP contribution in [0.25, 0.3) is 0 Å². The molecule has 0 aromatic heterocycles. The molecule has 0 radical (unpaired) electrons. The third kappa shape index (κ3) is 9.32. The maximum atomic E-state index is 13.0. The van der Waals surface area contributed by atoms with Gasteiger partial charge in [-0.15, -0.1) is 0 Å². The Morgan fingerprint density at radius 1 is 1.05 bits per heavy atom. The van der Waals surface area contributed by atoms with Gasteiger partial charge < -0.3 is 8.92 Å². The molecule has 13 nitrogen and oxygen atoms in total. The van der Waals surface area contributed by atoms with Gasteiger partial charge in [0, 0.05) is 12.1 Å². The van der Waals surface area contributed by atoms with Gasteiger partial charge in [0.1, 0.15) is 10.9 Å². The summed E-state index contributed by atoms with van der Waals surface area (Å²) in [7, 11) is -8.38. The molecule has 0 spiro atoms. The highest BCUT2D eigenvalue weighted by Gasteiger charge is 2.27. The summed E-state index contributed by atoms with van der Waals surface area (Å²) in [5.74, 6) is -0.837. The molecule has 3 rings (SSSR count). The molecule has 0 aliphatic rings. The van der Waals surface area contributed by atoms with E-state index in [-0.39, 0.29) is 50.4 Å². The molecule has 0 saturated heterocycles. The summed E-state index contributed by atoms with van der Waals surface area (Å²) in [6, 6.07) is 12.2. The van der Waals surface area contributed by atoms with Gasteiger partial charge in [-0.3, -0.25) is 14.9 Å². The fraction of sp³-hybridized carbons (Fsp3) is 0.286. The molecule has 236 valence electrons. The SMILES string of the molecule is CCOc1cc(/C=N\NC(=O)[C@H](CC(C)C)NS(=O)(=O)c2ccc(C)cc2)cc(Br)c1OS(=O)(=O)c1ccc([N+](=O)[O-])cc1. The number of nitro groups is 1. The topological polar surface area (TPSA) is 183 Å². The number of aryl methyl sites for hydroxylation is 1. The minimum atomic E-state index is -4.40. The van der Waals surface area contributed by atoms with E-state index < -0.39 is 37.0 Å². The number of nitro benzene ring substituents is 1. The second kappa shape index (κ2) is 14.7. The Balaban J connectivity index is 1.80. The highest BCUT2D eigenvalue weighted by Crippen LogP contribution is 2.38. The zero-order valence-electron chi connectivity index (χ0n) is 24.2. The van der Waals surface area contributed by atoms with Crippen molar-refractivity contribution in [2.24, 2.45) is 11.0 Å². The molecule has 0 saturated carbocycles. The largest absolute Gasteiger partial charge is 0.490 e. The number of carbonyl (C=O) groups is 1.